The van der Waals surface area contributed by atoms with Gasteiger partial charge in [-0.1, -0.05) is 0 Å². The van der Waals surface area contributed by atoms with E-state index in [1.165, 1.54) is 35.4 Å². The minimum Gasteiger partial charge on any atom is -0.477 e. The Kier molecular flexibility index (Phi) is 5.83. The van der Waals surface area contributed by atoms with Gasteiger partial charge in [0, 0.05) is 24.8 Å². The summed E-state index contributed by atoms with van der Waals surface area (Å²) in [4.78, 5) is 29.4. The summed E-state index contributed by atoms with van der Waals surface area (Å²) >= 11 is 0. The van der Waals surface area contributed by atoms with Crippen molar-refractivity contribution < 1.29 is 18.7 Å². The van der Waals surface area contributed by atoms with Gasteiger partial charge in [-0.2, -0.15) is 0 Å². The van der Waals surface area contributed by atoms with E-state index in [-0.39, 0.29) is 24.4 Å². The van der Waals surface area contributed by atoms with Crippen molar-refractivity contribution in [1.29, 1.82) is 0 Å². The number of amides is 2. The van der Waals surface area contributed by atoms with Gasteiger partial charge in [0.25, 0.3) is 5.91 Å². The molecular formula is C17H18FN3O3. The number of benzene rings is 1. The summed E-state index contributed by atoms with van der Waals surface area (Å²) in [5, 5.41) is 0. The van der Waals surface area contributed by atoms with Crippen molar-refractivity contribution in [3.05, 3.63) is 54.0 Å². The SMILES string of the molecule is CCOc1ncccc1C(=O)N(CCC(N)=O)c1ccc(F)cc1. The Morgan fingerprint density at radius 1 is 1.25 bits per heavy atom. The molecule has 1 aromatic heterocycles. The summed E-state index contributed by atoms with van der Waals surface area (Å²) in [5.41, 5.74) is 5.90. The minimum absolute atomic E-state index is 0.0205. The molecule has 2 aromatic rings. The Labute approximate surface area is 139 Å². The second-order valence-corrected chi connectivity index (χ2v) is 4.94. The van der Waals surface area contributed by atoms with E-state index in [0.717, 1.165) is 0 Å². The smallest absolute Gasteiger partial charge is 0.263 e. The van der Waals surface area contributed by atoms with Crippen LogP contribution in [0.25, 0.3) is 0 Å². The number of pyridine rings is 1. The number of rotatable bonds is 7. The molecule has 24 heavy (non-hydrogen) atoms. The molecule has 0 aliphatic rings. The van der Waals surface area contributed by atoms with Crippen molar-refractivity contribution in [2.75, 3.05) is 18.1 Å². The van der Waals surface area contributed by atoms with Crippen LogP contribution < -0.4 is 15.4 Å². The number of nitrogens with zero attached hydrogens (tertiary/aromatic N) is 2. The molecule has 2 amide bonds. The molecule has 7 heteroatoms. The quantitative estimate of drug-likeness (QED) is 0.842. The number of hydrogen-bond acceptors (Lipinski definition) is 4. The van der Waals surface area contributed by atoms with Gasteiger partial charge in [0.1, 0.15) is 11.4 Å². The molecule has 0 spiro atoms. The van der Waals surface area contributed by atoms with E-state index in [9.17, 15) is 14.0 Å². The van der Waals surface area contributed by atoms with Gasteiger partial charge in [0.05, 0.1) is 6.61 Å². The van der Waals surface area contributed by atoms with Gasteiger partial charge in [-0.25, -0.2) is 9.37 Å². The number of carbonyl (C=O) groups excluding carboxylic acids is 2. The Morgan fingerprint density at radius 2 is 1.96 bits per heavy atom. The fourth-order valence-corrected chi connectivity index (χ4v) is 2.14. The van der Waals surface area contributed by atoms with E-state index in [0.29, 0.717) is 12.3 Å². The Hall–Kier alpha value is -2.96. The number of anilines is 1. The predicted octanol–water partition coefficient (Wildman–Crippen LogP) is 2.14. The van der Waals surface area contributed by atoms with Crippen LogP contribution >= 0.6 is 0 Å². The van der Waals surface area contributed by atoms with Crippen LogP contribution in [0.5, 0.6) is 5.88 Å². The number of ether oxygens (including phenoxy) is 1. The second-order valence-electron chi connectivity index (χ2n) is 4.94. The first kappa shape index (κ1) is 17.4. The molecule has 1 aromatic carbocycles. The van der Waals surface area contributed by atoms with Crippen LogP contribution in [0.3, 0.4) is 0 Å². The summed E-state index contributed by atoms with van der Waals surface area (Å²) in [5.74, 6) is -1.15. The molecule has 0 radical (unpaired) electrons. The van der Waals surface area contributed by atoms with Crippen LogP contribution in [0.4, 0.5) is 10.1 Å². The molecule has 0 aliphatic heterocycles. The van der Waals surface area contributed by atoms with E-state index in [1.807, 2.05) is 0 Å². The third-order valence-corrected chi connectivity index (χ3v) is 3.25. The number of primary amides is 1. The van der Waals surface area contributed by atoms with Gasteiger partial charge >= 0.3 is 0 Å². The normalized spacial score (nSPS) is 10.2. The van der Waals surface area contributed by atoms with Gasteiger partial charge in [0.15, 0.2) is 0 Å². The molecule has 2 rings (SSSR count). The monoisotopic (exact) mass is 331 g/mol. The molecule has 126 valence electrons. The van der Waals surface area contributed by atoms with Crippen LogP contribution in [-0.2, 0) is 4.79 Å². The lowest BCUT2D eigenvalue weighted by Gasteiger charge is -2.23. The molecule has 1 heterocycles. The van der Waals surface area contributed by atoms with Crippen molar-refractivity contribution in [2.45, 2.75) is 13.3 Å². The maximum atomic E-state index is 13.1. The van der Waals surface area contributed by atoms with E-state index in [4.69, 9.17) is 10.5 Å². The molecule has 6 nitrogen and oxygen atoms in total. The summed E-state index contributed by atoms with van der Waals surface area (Å²) in [6.45, 7) is 2.21. The third-order valence-electron chi connectivity index (χ3n) is 3.25. The first-order valence-corrected chi connectivity index (χ1v) is 7.46. The largest absolute Gasteiger partial charge is 0.477 e. The zero-order valence-corrected chi connectivity index (χ0v) is 13.2. The second kappa shape index (κ2) is 8.05. The highest BCUT2D eigenvalue weighted by Gasteiger charge is 2.22. The maximum absolute atomic E-state index is 13.1. The van der Waals surface area contributed by atoms with E-state index in [2.05, 4.69) is 4.98 Å². The van der Waals surface area contributed by atoms with Crippen LogP contribution in [0.2, 0.25) is 0 Å². The molecule has 0 unspecified atom stereocenters. The Bertz CT molecular complexity index is 719. The average Bonchev–Trinajstić information content (AvgIpc) is 2.57. The van der Waals surface area contributed by atoms with Crippen LogP contribution in [0.1, 0.15) is 23.7 Å². The fraction of sp³-hybridized carbons (Fsp3) is 0.235. The zero-order chi connectivity index (χ0) is 17.5. The van der Waals surface area contributed by atoms with Crippen molar-refractivity contribution in [3.8, 4) is 5.88 Å². The van der Waals surface area contributed by atoms with Crippen molar-refractivity contribution in [1.82, 2.24) is 4.98 Å². The lowest BCUT2D eigenvalue weighted by atomic mass is 10.2. The van der Waals surface area contributed by atoms with Crippen LogP contribution in [0, 0.1) is 5.82 Å². The van der Waals surface area contributed by atoms with Crippen LogP contribution in [0.15, 0.2) is 42.6 Å². The van der Waals surface area contributed by atoms with Crippen molar-refractivity contribution >= 4 is 17.5 Å². The molecule has 2 N–H and O–H groups in total. The highest BCUT2D eigenvalue weighted by molar-refractivity contribution is 6.07. The van der Waals surface area contributed by atoms with Gasteiger partial charge in [0.2, 0.25) is 11.8 Å². The molecule has 0 atom stereocenters. The fourth-order valence-electron chi connectivity index (χ4n) is 2.14. The number of hydrogen-bond donors (Lipinski definition) is 1. The van der Waals surface area contributed by atoms with Gasteiger partial charge in [-0.15, -0.1) is 0 Å². The predicted molar refractivity (Wildman–Crippen MR) is 87.3 cm³/mol. The zero-order valence-electron chi connectivity index (χ0n) is 13.2. The lowest BCUT2D eigenvalue weighted by Crippen LogP contribution is -2.34. The van der Waals surface area contributed by atoms with Gasteiger partial charge < -0.3 is 15.4 Å². The molecule has 0 fully saturated rings. The maximum Gasteiger partial charge on any atom is 0.263 e. The molecule has 0 saturated heterocycles. The van der Waals surface area contributed by atoms with Gasteiger partial charge in [-0.05, 0) is 43.3 Å². The Morgan fingerprint density at radius 3 is 2.58 bits per heavy atom. The summed E-state index contributed by atoms with van der Waals surface area (Å²) in [6.07, 6.45) is 1.50. The van der Waals surface area contributed by atoms with Crippen molar-refractivity contribution in [3.63, 3.8) is 0 Å². The van der Waals surface area contributed by atoms with E-state index < -0.39 is 17.6 Å². The highest BCUT2D eigenvalue weighted by atomic mass is 19.1. The molecule has 0 saturated carbocycles. The first-order chi connectivity index (χ1) is 11.5. The Balaban J connectivity index is 2.37. The highest BCUT2D eigenvalue weighted by Crippen LogP contribution is 2.22. The number of carbonyl (C=O) groups is 2. The third kappa shape index (κ3) is 4.28. The number of halogens is 1. The minimum atomic E-state index is -0.536. The number of nitrogens with two attached hydrogens (primary N) is 1. The lowest BCUT2D eigenvalue weighted by molar-refractivity contribution is -0.117. The summed E-state index contributed by atoms with van der Waals surface area (Å²) in [6, 6.07) is 8.61. The topological polar surface area (TPSA) is 85.5 Å². The summed E-state index contributed by atoms with van der Waals surface area (Å²) < 4.78 is 18.5. The van der Waals surface area contributed by atoms with Gasteiger partial charge in [-0.3, -0.25) is 9.59 Å². The first-order valence-electron chi connectivity index (χ1n) is 7.46. The number of aromatic nitrogens is 1. The van der Waals surface area contributed by atoms with Crippen LogP contribution in [-0.4, -0.2) is 29.9 Å². The molecule has 0 bridgehead atoms. The average molecular weight is 331 g/mol. The van der Waals surface area contributed by atoms with E-state index in [1.54, 1.807) is 19.1 Å². The standard InChI is InChI=1S/C17H18FN3O3/c1-2-24-16-14(4-3-10-20-16)17(23)21(11-9-15(19)22)13-7-5-12(18)6-8-13/h3-8,10H,2,9,11H2,1H3,(H2,19,22). The van der Waals surface area contributed by atoms with E-state index >= 15 is 0 Å². The summed E-state index contributed by atoms with van der Waals surface area (Å²) in [7, 11) is 0. The van der Waals surface area contributed by atoms with Crippen molar-refractivity contribution in [2.24, 2.45) is 5.73 Å². The molecule has 0 aliphatic carbocycles. The molecular weight excluding hydrogens is 313 g/mol.